The van der Waals surface area contributed by atoms with Gasteiger partial charge in [0.1, 0.15) is 5.01 Å². The Balaban J connectivity index is 1.18. The van der Waals surface area contributed by atoms with Crippen LogP contribution in [0.25, 0.3) is 20.8 Å². The first-order valence-corrected chi connectivity index (χ1v) is 13.1. The van der Waals surface area contributed by atoms with Crippen LogP contribution in [0.4, 0.5) is 10.5 Å². The molecule has 1 aliphatic rings. The Bertz CT molecular complexity index is 1300. The summed E-state index contributed by atoms with van der Waals surface area (Å²) in [4.78, 5) is 33.1. The Morgan fingerprint density at radius 3 is 2.79 bits per heavy atom. The monoisotopic (exact) mass is 490 g/mol. The van der Waals surface area contributed by atoms with Crippen LogP contribution in [-0.2, 0) is 11.3 Å². The van der Waals surface area contributed by atoms with Gasteiger partial charge >= 0.3 is 6.03 Å². The van der Waals surface area contributed by atoms with Crippen LogP contribution in [0.3, 0.4) is 0 Å². The predicted octanol–water partition coefficient (Wildman–Crippen LogP) is 5.89. The quantitative estimate of drug-likeness (QED) is 0.366. The third-order valence-electron chi connectivity index (χ3n) is 6.02. The van der Waals surface area contributed by atoms with Gasteiger partial charge < -0.3 is 15.5 Å². The van der Waals surface area contributed by atoms with E-state index in [0.717, 1.165) is 39.5 Å². The number of thiophene rings is 1. The molecule has 4 aromatic rings. The number of hydrogen-bond donors (Lipinski definition) is 2. The van der Waals surface area contributed by atoms with Crippen LogP contribution in [0, 0.1) is 12.8 Å². The van der Waals surface area contributed by atoms with Crippen molar-refractivity contribution in [3.8, 4) is 10.6 Å². The Morgan fingerprint density at radius 1 is 1.15 bits per heavy atom. The third-order valence-corrected chi connectivity index (χ3v) is 7.96. The number of benzene rings is 2. The van der Waals surface area contributed by atoms with Gasteiger partial charge in [0.15, 0.2) is 0 Å². The number of likely N-dealkylation sites (tertiary alicyclic amines) is 1. The van der Waals surface area contributed by atoms with Crippen molar-refractivity contribution >= 4 is 50.5 Å². The number of urea groups is 1. The Morgan fingerprint density at radius 2 is 2.00 bits per heavy atom. The van der Waals surface area contributed by atoms with E-state index in [1.54, 1.807) is 27.6 Å². The molecule has 1 unspecified atom stereocenters. The van der Waals surface area contributed by atoms with Crippen molar-refractivity contribution in [1.29, 1.82) is 0 Å². The molecule has 1 saturated heterocycles. The molecule has 0 saturated carbocycles. The fraction of sp³-hybridized carbons (Fsp3) is 0.269. The average Bonchev–Trinajstić information content (AvgIpc) is 3.53. The minimum Gasteiger partial charge on any atom is -0.333 e. The van der Waals surface area contributed by atoms with E-state index in [2.05, 4.69) is 35.8 Å². The summed E-state index contributed by atoms with van der Waals surface area (Å²) >= 11 is 3.29. The molecule has 3 amide bonds. The van der Waals surface area contributed by atoms with Gasteiger partial charge in [0.05, 0.1) is 22.7 Å². The molecule has 0 bridgehead atoms. The fourth-order valence-electron chi connectivity index (χ4n) is 4.16. The first-order valence-electron chi connectivity index (χ1n) is 11.4. The normalized spacial score (nSPS) is 15.9. The average molecular weight is 491 g/mol. The molecule has 6 nitrogen and oxygen atoms in total. The number of rotatable bonds is 5. The smallest absolute Gasteiger partial charge is 0.317 e. The number of nitrogens with zero attached hydrogens (tertiary/aromatic N) is 2. The zero-order valence-electron chi connectivity index (χ0n) is 18.9. The lowest BCUT2D eigenvalue weighted by molar-refractivity contribution is -0.121. The van der Waals surface area contributed by atoms with Gasteiger partial charge in [0.25, 0.3) is 0 Å². The molecule has 8 heteroatoms. The standard InChI is InChI=1S/C26H26N4O2S2/c1-17-6-11-22-23(14-17)34-25(29-22)18-7-9-20(10-8-18)28-24(31)19-4-2-12-30(16-19)26(32)27-15-21-5-3-13-33-21/h3,5-11,13-14,19H,2,4,12,15-16H2,1H3,(H,27,32)(H,28,31). The van der Waals surface area contributed by atoms with Crippen molar-refractivity contribution in [2.75, 3.05) is 18.4 Å². The van der Waals surface area contributed by atoms with Gasteiger partial charge in [-0.15, -0.1) is 22.7 Å². The maximum atomic E-state index is 12.9. The van der Waals surface area contributed by atoms with E-state index in [4.69, 9.17) is 4.98 Å². The highest BCUT2D eigenvalue weighted by Gasteiger charge is 2.28. The lowest BCUT2D eigenvalue weighted by Gasteiger charge is -2.32. The molecule has 0 radical (unpaired) electrons. The third kappa shape index (κ3) is 5.13. The first kappa shape index (κ1) is 22.6. The number of nitrogens with one attached hydrogen (secondary N) is 2. The van der Waals surface area contributed by atoms with Crippen molar-refractivity contribution < 1.29 is 9.59 Å². The van der Waals surface area contributed by atoms with Crippen molar-refractivity contribution in [3.05, 3.63) is 70.4 Å². The molecule has 2 N–H and O–H groups in total. The Hall–Kier alpha value is -3.23. The van der Waals surface area contributed by atoms with Gasteiger partial charge in [-0.1, -0.05) is 12.1 Å². The molecule has 0 spiro atoms. The number of thiazole rings is 1. The molecule has 2 aromatic heterocycles. The van der Waals surface area contributed by atoms with Crippen LogP contribution in [0.15, 0.2) is 60.0 Å². The Labute approximate surface area is 206 Å². The lowest BCUT2D eigenvalue weighted by Crippen LogP contribution is -2.47. The van der Waals surface area contributed by atoms with E-state index in [-0.39, 0.29) is 17.9 Å². The molecule has 5 rings (SSSR count). The summed E-state index contributed by atoms with van der Waals surface area (Å²) in [7, 11) is 0. The van der Waals surface area contributed by atoms with Gasteiger partial charge in [-0.05, 0) is 73.2 Å². The number of carbonyl (C=O) groups excluding carboxylic acids is 2. The first-order chi connectivity index (χ1) is 16.5. The minimum atomic E-state index is -0.214. The number of aryl methyl sites for hydroxylation is 1. The summed E-state index contributed by atoms with van der Waals surface area (Å²) in [6.07, 6.45) is 1.60. The summed E-state index contributed by atoms with van der Waals surface area (Å²) in [5.41, 5.74) is 4.01. The van der Waals surface area contributed by atoms with Gasteiger partial charge in [0.2, 0.25) is 5.91 Å². The summed E-state index contributed by atoms with van der Waals surface area (Å²) < 4.78 is 1.17. The topological polar surface area (TPSA) is 74.3 Å². The number of amides is 3. The summed E-state index contributed by atoms with van der Waals surface area (Å²) in [6.45, 7) is 3.71. The molecule has 0 aliphatic carbocycles. The van der Waals surface area contributed by atoms with Crippen molar-refractivity contribution in [1.82, 2.24) is 15.2 Å². The second-order valence-corrected chi connectivity index (χ2v) is 10.6. The van der Waals surface area contributed by atoms with Crippen LogP contribution in [-0.4, -0.2) is 34.9 Å². The number of fused-ring (bicyclic) bond motifs is 1. The van der Waals surface area contributed by atoms with Crippen molar-refractivity contribution in [3.63, 3.8) is 0 Å². The van der Waals surface area contributed by atoms with Crippen LogP contribution < -0.4 is 10.6 Å². The van der Waals surface area contributed by atoms with Gasteiger partial charge in [-0.25, -0.2) is 9.78 Å². The van der Waals surface area contributed by atoms with Crippen molar-refractivity contribution in [2.45, 2.75) is 26.3 Å². The summed E-state index contributed by atoms with van der Waals surface area (Å²) in [5, 5.41) is 8.95. The zero-order chi connectivity index (χ0) is 23.5. The van der Waals surface area contributed by atoms with Gasteiger partial charge in [-0.2, -0.15) is 0 Å². The molecule has 34 heavy (non-hydrogen) atoms. The summed E-state index contributed by atoms with van der Waals surface area (Å²) in [5.74, 6) is -0.257. The van der Waals surface area contributed by atoms with E-state index in [0.29, 0.717) is 19.6 Å². The van der Waals surface area contributed by atoms with E-state index in [9.17, 15) is 9.59 Å². The highest BCUT2D eigenvalue weighted by Crippen LogP contribution is 2.31. The minimum absolute atomic E-state index is 0.0426. The van der Waals surface area contributed by atoms with E-state index >= 15 is 0 Å². The Kier molecular flexibility index (Phi) is 6.60. The van der Waals surface area contributed by atoms with E-state index in [1.165, 1.54) is 10.3 Å². The molecular formula is C26H26N4O2S2. The second kappa shape index (κ2) is 9.95. The summed E-state index contributed by atoms with van der Waals surface area (Å²) in [6, 6.07) is 18.0. The number of piperidine rings is 1. The van der Waals surface area contributed by atoms with Crippen LogP contribution in [0.1, 0.15) is 23.3 Å². The number of hydrogen-bond acceptors (Lipinski definition) is 5. The fourth-order valence-corrected chi connectivity index (χ4v) is 5.87. The highest BCUT2D eigenvalue weighted by atomic mass is 32.1. The van der Waals surface area contributed by atoms with Gasteiger partial charge in [0, 0.05) is 29.2 Å². The van der Waals surface area contributed by atoms with E-state index in [1.807, 2.05) is 41.8 Å². The van der Waals surface area contributed by atoms with Gasteiger partial charge in [-0.3, -0.25) is 4.79 Å². The predicted molar refractivity (Wildman–Crippen MR) is 139 cm³/mol. The van der Waals surface area contributed by atoms with Crippen molar-refractivity contribution in [2.24, 2.45) is 5.92 Å². The molecule has 1 fully saturated rings. The second-order valence-electron chi connectivity index (χ2n) is 8.58. The molecule has 1 atom stereocenters. The largest absolute Gasteiger partial charge is 0.333 e. The highest BCUT2D eigenvalue weighted by molar-refractivity contribution is 7.21. The molecule has 2 aromatic carbocycles. The van der Waals surface area contributed by atoms with Crippen LogP contribution in [0.5, 0.6) is 0 Å². The number of aromatic nitrogens is 1. The van der Waals surface area contributed by atoms with Crippen LogP contribution in [0.2, 0.25) is 0 Å². The molecular weight excluding hydrogens is 464 g/mol. The maximum absolute atomic E-state index is 12.9. The lowest BCUT2D eigenvalue weighted by atomic mass is 9.97. The zero-order valence-corrected chi connectivity index (χ0v) is 20.5. The van der Waals surface area contributed by atoms with Crippen LogP contribution >= 0.6 is 22.7 Å². The SMILES string of the molecule is Cc1ccc2nc(-c3ccc(NC(=O)C4CCCN(C(=O)NCc5cccs5)C4)cc3)sc2c1. The molecule has 174 valence electrons. The maximum Gasteiger partial charge on any atom is 0.317 e. The number of carbonyl (C=O) groups is 2. The van der Waals surface area contributed by atoms with E-state index < -0.39 is 0 Å². The molecule has 1 aliphatic heterocycles. The number of anilines is 1. The molecule has 3 heterocycles.